The topological polar surface area (TPSA) is 125 Å². The van der Waals surface area contributed by atoms with Crippen molar-refractivity contribution in [3.05, 3.63) is 23.0 Å². The maximum Gasteiger partial charge on any atom is 0.374 e. The maximum atomic E-state index is 12.0. The number of hydrogen-bond donors (Lipinski definition) is 1. The third-order valence-electron chi connectivity index (χ3n) is 6.10. The third kappa shape index (κ3) is 3.36. The SMILES string of the molecule is CCC(=O)C(=O)OC[C@H]1O[C@@H](n2cnc3c(=O)[nH]cnc32)C2CC(C)(OC)C[C@H]21. The number of aromatic amines is 1. The predicted octanol–water partition coefficient (Wildman–Crippen LogP) is 0.971. The number of fused-ring (bicyclic) bond motifs is 2. The second-order valence-electron chi connectivity index (χ2n) is 7.89. The fourth-order valence-corrected chi connectivity index (χ4v) is 4.52. The largest absolute Gasteiger partial charge is 0.457 e. The van der Waals surface area contributed by atoms with E-state index in [1.54, 1.807) is 24.9 Å². The van der Waals surface area contributed by atoms with Crippen molar-refractivity contribution in [2.75, 3.05) is 13.7 Å². The summed E-state index contributed by atoms with van der Waals surface area (Å²) >= 11 is 0. The summed E-state index contributed by atoms with van der Waals surface area (Å²) < 4.78 is 18.9. The number of aromatic nitrogens is 4. The van der Waals surface area contributed by atoms with Gasteiger partial charge < -0.3 is 19.2 Å². The number of carbonyl (C=O) groups excluding carboxylic acids is 2. The van der Waals surface area contributed by atoms with Gasteiger partial charge in [-0.3, -0.25) is 14.2 Å². The summed E-state index contributed by atoms with van der Waals surface area (Å²) in [6.07, 6.45) is 3.62. The van der Waals surface area contributed by atoms with E-state index < -0.39 is 24.1 Å². The van der Waals surface area contributed by atoms with Gasteiger partial charge in [0.1, 0.15) is 12.8 Å². The van der Waals surface area contributed by atoms with Crippen LogP contribution in [0.3, 0.4) is 0 Å². The average molecular weight is 404 g/mol. The lowest BCUT2D eigenvalue weighted by atomic mass is 9.93. The predicted molar refractivity (Wildman–Crippen MR) is 99.9 cm³/mol. The number of imidazole rings is 1. The van der Waals surface area contributed by atoms with E-state index in [-0.39, 0.29) is 41.5 Å². The Morgan fingerprint density at radius 2 is 2.10 bits per heavy atom. The first-order valence-corrected chi connectivity index (χ1v) is 9.67. The van der Waals surface area contributed by atoms with Crippen LogP contribution in [0.15, 0.2) is 17.4 Å². The van der Waals surface area contributed by atoms with Crippen molar-refractivity contribution in [1.82, 2.24) is 19.5 Å². The number of nitrogens with one attached hydrogen (secondary N) is 1. The summed E-state index contributed by atoms with van der Waals surface area (Å²) in [5.41, 5.74) is 0.0195. The highest BCUT2D eigenvalue weighted by Crippen LogP contribution is 2.54. The van der Waals surface area contributed by atoms with E-state index in [2.05, 4.69) is 15.0 Å². The number of nitrogens with zero attached hydrogens (tertiary/aromatic N) is 3. The van der Waals surface area contributed by atoms with Gasteiger partial charge in [-0.15, -0.1) is 0 Å². The van der Waals surface area contributed by atoms with Gasteiger partial charge in [0.25, 0.3) is 5.56 Å². The van der Waals surface area contributed by atoms with Gasteiger partial charge >= 0.3 is 5.97 Å². The zero-order chi connectivity index (χ0) is 20.8. The minimum Gasteiger partial charge on any atom is -0.457 e. The van der Waals surface area contributed by atoms with Gasteiger partial charge in [-0.1, -0.05) is 6.92 Å². The fourth-order valence-electron chi connectivity index (χ4n) is 4.52. The molecule has 1 saturated carbocycles. The van der Waals surface area contributed by atoms with Crippen LogP contribution in [0.1, 0.15) is 39.3 Å². The van der Waals surface area contributed by atoms with E-state index in [0.29, 0.717) is 5.65 Å². The number of hydrogen-bond acceptors (Lipinski definition) is 8. The lowest BCUT2D eigenvalue weighted by Gasteiger charge is -2.27. The molecule has 1 saturated heterocycles. The smallest absolute Gasteiger partial charge is 0.374 e. The first-order chi connectivity index (χ1) is 13.9. The Balaban J connectivity index is 1.62. The molecule has 0 bridgehead atoms. The van der Waals surface area contributed by atoms with Crippen LogP contribution >= 0.6 is 0 Å². The molecular weight excluding hydrogens is 380 g/mol. The van der Waals surface area contributed by atoms with Crippen LogP contribution in [0.2, 0.25) is 0 Å². The molecule has 29 heavy (non-hydrogen) atoms. The Hall–Kier alpha value is -2.59. The van der Waals surface area contributed by atoms with Crippen LogP contribution in [0.25, 0.3) is 11.2 Å². The molecule has 10 heteroatoms. The molecule has 5 atom stereocenters. The average Bonchev–Trinajstić information content (AvgIpc) is 3.38. The van der Waals surface area contributed by atoms with Crippen molar-refractivity contribution in [2.24, 2.45) is 11.8 Å². The number of H-pyrrole nitrogens is 1. The summed E-state index contributed by atoms with van der Waals surface area (Å²) in [5.74, 6) is -1.28. The highest BCUT2D eigenvalue weighted by atomic mass is 16.6. The summed E-state index contributed by atoms with van der Waals surface area (Å²) in [4.78, 5) is 46.3. The zero-order valence-corrected chi connectivity index (χ0v) is 16.6. The summed E-state index contributed by atoms with van der Waals surface area (Å²) in [7, 11) is 1.68. The van der Waals surface area contributed by atoms with Gasteiger partial charge in [-0.25, -0.2) is 14.8 Å². The Morgan fingerprint density at radius 1 is 1.34 bits per heavy atom. The Labute approximate surface area is 166 Å². The quantitative estimate of drug-likeness (QED) is 0.558. The molecule has 0 amide bonds. The molecule has 0 radical (unpaired) electrons. The molecule has 156 valence electrons. The summed E-state index contributed by atoms with van der Waals surface area (Å²) in [5, 5.41) is 0. The van der Waals surface area contributed by atoms with Crippen LogP contribution < -0.4 is 5.56 Å². The number of Topliss-reactive ketones (excluding diaryl/α,β-unsaturated/α-hetero) is 1. The molecule has 2 fully saturated rings. The highest BCUT2D eigenvalue weighted by molar-refractivity contribution is 6.33. The fraction of sp³-hybridized carbons (Fsp3) is 0.632. The number of esters is 1. The first kappa shape index (κ1) is 19.7. The molecule has 1 aliphatic carbocycles. The van der Waals surface area contributed by atoms with E-state index in [0.717, 1.165) is 12.8 Å². The van der Waals surface area contributed by atoms with Gasteiger partial charge in [0.05, 0.1) is 24.4 Å². The molecule has 1 aliphatic heterocycles. The summed E-state index contributed by atoms with van der Waals surface area (Å²) in [6, 6.07) is 0. The second-order valence-corrected chi connectivity index (χ2v) is 7.89. The highest BCUT2D eigenvalue weighted by Gasteiger charge is 2.55. The Morgan fingerprint density at radius 3 is 2.83 bits per heavy atom. The number of carbonyl (C=O) groups is 2. The van der Waals surface area contributed by atoms with Crippen molar-refractivity contribution >= 4 is 22.9 Å². The molecule has 3 heterocycles. The number of methoxy groups -OCH3 is 1. The van der Waals surface area contributed by atoms with E-state index in [1.165, 1.54) is 6.33 Å². The van der Waals surface area contributed by atoms with Crippen molar-refractivity contribution < 1.29 is 23.8 Å². The van der Waals surface area contributed by atoms with Crippen molar-refractivity contribution in [3.8, 4) is 0 Å². The van der Waals surface area contributed by atoms with Gasteiger partial charge in [0, 0.05) is 19.4 Å². The minimum absolute atomic E-state index is 0.0112. The monoisotopic (exact) mass is 404 g/mol. The van der Waals surface area contributed by atoms with E-state index in [1.807, 2.05) is 6.92 Å². The molecular formula is C19H24N4O6. The molecule has 2 aromatic rings. The van der Waals surface area contributed by atoms with Crippen molar-refractivity contribution in [3.63, 3.8) is 0 Å². The van der Waals surface area contributed by atoms with Gasteiger partial charge in [-0.2, -0.15) is 0 Å². The maximum absolute atomic E-state index is 12.0. The second kappa shape index (κ2) is 7.34. The van der Waals surface area contributed by atoms with Crippen molar-refractivity contribution in [1.29, 1.82) is 0 Å². The van der Waals surface area contributed by atoms with Crippen LogP contribution in [-0.4, -0.2) is 56.7 Å². The van der Waals surface area contributed by atoms with Crippen LogP contribution in [0.5, 0.6) is 0 Å². The molecule has 1 N–H and O–H groups in total. The minimum atomic E-state index is -0.843. The molecule has 2 unspecified atom stereocenters. The molecule has 0 spiro atoms. The molecule has 2 aromatic heterocycles. The van der Waals surface area contributed by atoms with Crippen LogP contribution in [0, 0.1) is 11.8 Å². The molecule has 10 nitrogen and oxygen atoms in total. The molecule has 2 aliphatic rings. The summed E-state index contributed by atoms with van der Waals surface area (Å²) in [6.45, 7) is 3.64. The van der Waals surface area contributed by atoms with Gasteiger partial charge in [0.2, 0.25) is 5.78 Å². The first-order valence-electron chi connectivity index (χ1n) is 9.67. The molecule has 0 aromatic carbocycles. The van der Waals surface area contributed by atoms with E-state index in [9.17, 15) is 14.4 Å². The van der Waals surface area contributed by atoms with E-state index >= 15 is 0 Å². The van der Waals surface area contributed by atoms with Crippen molar-refractivity contribution in [2.45, 2.75) is 51.0 Å². The standard InChI is InChI=1S/C19H24N4O6/c1-4-12(24)18(26)28-7-13-10-5-19(2,27-3)6-11(10)17(29-13)23-9-22-14-15(23)20-8-21-16(14)25/h8-11,13,17H,4-7H2,1-3H3,(H,20,21,25)/t10-,11?,13-,17-,19?/m1/s1. The molecule has 4 rings (SSSR count). The number of ketones is 1. The van der Waals surface area contributed by atoms with Crippen LogP contribution in [-0.2, 0) is 23.8 Å². The van der Waals surface area contributed by atoms with Gasteiger partial charge in [0.15, 0.2) is 11.2 Å². The van der Waals surface area contributed by atoms with Gasteiger partial charge in [-0.05, 0) is 25.7 Å². The normalized spacial score (nSPS) is 31.1. The lowest BCUT2D eigenvalue weighted by Crippen LogP contribution is -2.31. The zero-order valence-electron chi connectivity index (χ0n) is 16.6. The van der Waals surface area contributed by atoms with E-state index in [4.69, 9.17) is 14.2 Å². The van der Waals surface area contributed by atoms with Crippen LogP contribution in [0.4, 0.5) is 0 Å². The Kier molecular flexibility index (Phi) is 4.99. The number of ether oxygens (including phenoxy) is 3. The lowest BCUT2D eigenvalue weighted by molar-refractivity contribution is -0.158. The third-order valence-corrected chi connectivity index (χ3v) is 6.10. The Bertz CT molecular complexity index is 1000. The number of rotatable bonds is 6.